The van der Waals surface area contributed by atoms with E-state index in [1.165, 1.54) is 6.07 Å². The van der Waals surface area contributed by atoms with Crippen molar-refractivity contribution in [2.75, 3.05) is 19.7 Å². The summed E-state index contributed by atoms with van der Waals surface area (Å²) in [6.45, 7) is 3.79. The number of benzene rings is 1. The van der Waals surface area contributed by atoms with Crippen LogP contribution in [-0.2, 0) is 6.42 Å². The predicted molar refractivity (Wildman–Crippen MR) is 126 cm³/mol. The van der Waals surface area contributed by atoms with Gasteiger partial charge in [-0.05, 0) is 63.5 Å². The zero-order valence-corrected chi connectivity index (χ0v) is 19.2. The number of nitrogens with one attached hydrogen (secondary N) is 1. The van der Waals surface area contributed by atoms with Gasteiger partial charge in [0.15, 0.2) is 5.65 Å². The molecule has 0 bridgehead atoms. The van der Waals surface area contributed by atoms with Crippen LogP contribution in [0.1, 0.15) is 35.7 Å². The number of aryl methyl sites for hydroxylation is 1. The van der Waals surface area contributed by atoms with Gasteiger partial charge in [-0.3, -0.25) is 0 Å². The third-order valence-corrected chi connectivity index (χ3v) is 5.73. The number of hydrogen-bond acceptors (Lipinski definition) is 6. The number of aliphatic hydroxyl groups is 1. The van der Waals surface area contributed by atoms with Crippen molar-refractivity contribution in [2.45, 2.75) is 32.1 Å². The highest BCUT2D eigenvalue weighted by Crippen LogP contribution is 2.29. The van der Waals surface area contributed by atoms with E-state index in [1.807, 2.05) is 31.3 Å². The number of imidazole rings is 1. The lowest BCUT2D eigenvalue weighted by Crippen LogP contribution is -2.27. The van der Waals surface area contributed by atoms with Gasteiger partial charge in [-0.15, -0.1) is 24.8 Å². The van der Waals surface area contributed by atoms with Gasteiger partial charge in [-0.25, -0.2) is 13.9 Å². The first-order valence-corrected chi connectivity index (χ1v) is 10.3. The predicted octanol–water partition coefficient (Wildman–Crippen LogP) is 3.63. The average molecular weight is 479 g/mol. The summed E-state index contributed by atoms with van der Waals surface area (Å²) in [5, 5.41) is 26.6. The van der Waals surface area contributed by atoms with E-state index in [1.54, 1.807) is 4.52 Å². The smallest absolute Gasteiger partial charge is 0.157 e. The lowest BCUT2D eigenvalue weighted by atomic mass is 9.93. The summed E-state index contributed by atoms with van der Waals surface area (Å²) in [6.07, 6.45) is 4.25. The molecule has 32 heavy (non-hydrogen) atoms. The van der Waals surface area contributed by atoms with E-state index in [0.717, 1.165) is 42.9 Å². The second-order valence-corrected chi connectivity index (χ2v) is 7.86. The molecular weight excluding hydrogens is 454 g/mol. The monoisotopic (exact) mass is 478 g/mol. The van der Waals surface area contributed by atoms with E-state index >= 15 is 4.39 Å². The Morgan fingerprint density at radius 2 is 1.91 bits per heavy atom. The van der Waals surface area contributed by atoms with Crippen molar-refractivity contribution in [1.82, 2.24) is 30.1 Å². The molecule has 10 heteroatoms. The fourth-order valence-electron chi connectivity index (χ4n) is 4.18. The van der Waals surface area contributed by atoms with Gasteiger partial charge in [0.25, 0.3) is 0 Å². The maximum absolute atomic E-state index is 15.1. The molecule has 7 nitrogen and oxygen atoms in total. The molecule has 0 radical (unpaired) electrons. The quantitative estimate of drug-likeness (QED) is 0.465. The topological polar surface area (TPSA) is 88.2 Å². The zero-order valence-electron chi connectivity index (χ0n) is 17.6. The maximum atomic E-state index is 15.1. The maximum Gasteiger partial charge on any atom is 0.157 e. The van der Waals surface area contributed by atoms with E-state index in [9.17, 15) is 5.11 Å². The van der Waals surface area contributed by atoms with Crippen LogP contribution >= 0.6 is 24.8 Å². The van der Waals surface area contributed by atoms with E-state index in [0.29, 0.717) is 40.1 Å². The minimum atomic E-state index is -0.333. The van der Waals surface area contributed by atoms with Crippen molar-refractivity contribution in [2.24, 2.45) is 0 Å². The van der Waals surface area contributed by atoms with Crippen LogP contribution in [0.2, 0.25) is 0 Å². The molecule has 2 N–H and O–H groups in total. The molecule has 0 atom stereocenters. The number of piperidine rings is 1. The molecule has 0 aliphatic carbocycles. The third-order valence-electron chi connectivity index (χ3n) is 5.73. The van der Waals surface area contributed by atoms with Gasteiger partial charge in [0.2, 0.25) is 0 Å². The molecule has 0 saturated carbocycles. The van der Waals surface area contributed by atoms with Crippen LogP contribution in [0.25, 0.3) is 27.8 Å². The highest BCUT2D eigenvalue weighted by molar-refractivity contribution is 5.86. The van der Waals surface area contributed by atoms with Crippen molar-refractivity contribution in [3.8, 4) is 11.3 Å². The Morgan fingerprint density at radius 3 is 2.66 bits per heavy atom. The van der Waals surface area contributed by atoms with Crippen LogP contribution in [-0.4, -0.2) is 49.6 Å². The van der Waals surface area contributed by atoms with Crippen LogP contribution in [0.3, 0.4) is 0 Å². The Labute approximate surface area is 197 Å². The third kappa shape index (κ3) is 4.54. The summed E-state index contributed by atoms with van der Waals surface area (Å²) < 4.78 is 16.8. The molecule has 170 valence electrons. The number of rotatable bonds is 4. The average Bonchev–Trinajstić information content (AvgIpc) is 3.15. The number of nitrogens with zero attached hydrogens (tertiary/aromatic N) is 5. The van der Waals surface area contributed by atoms with Gasteiger partial charge in [-0.2, -0.15) is 15.3 Å². The Morgan fingerprint density at radius 1 is 1.12 bits per heavy atom. The van der Waals surface area contributed by atoms with E-state index < -0.39 is 0 Å². The summed E-state index contributed by atoms with van der Waals surface area (Å²) in [7, 11) is 0. The molecule has 3 aromatic heterocycles. The van der Waals surface area contributed by atoms with Crippen LogP contribution in [0.15, 0.2) is 30.5 Å². The minimum absolute atomic E-state index is 0. The molecule has 0 unspecified atom stereocenters. The lowest BCUT2D eigenvalue weighted by Gasteiger charge is -2.21. The molecule has 4 aromatic rings. The lowest BCUT2D eigenvalue weighted by molar-refractivity contribution is 0.300. The molecule has 5 rings (SSSR count). The van der Waals surface area contributed by atoms with Gasteiger partial charge in [0.1, 0.15) is 5.82 Å². The van der Waals surface area contributed by atoms with Crippen molar-refractivity contribution < 1.29 is 9.50 Å². The van der Waals surface area contributed by atoms with Crippen LogP contribution in [0, 0.1) is 12.7 Å². The summed E-state index contributed by atoms with van der Waals surface area (Å²) >= 11 is 0. The standard InChI is InChI=1S/C22H23FN6O.2ClH/c1-13-12-29-22(25-13)15(4-7-30)9-20(28-29)16-8-18(23)17-11-19(26-27-21(17)10-16)14-2-5-24-6-3-14;;/h8-12,14,24,30H,2-7H2,1H3;2*1H. The molecule has 1 saturated heterocycles. The second kappa shape index (κ2) is 10.0. The Balaban J connectivity index is 0.00000144. The molecule has 1 aliphatic rings. The summed E-state index contributed by atoms with van der Waals surface area (Å²) in [4.78, 5) is 4.48. The zero-order chi connectivity index (χ0) is 20.7. The second-order valence-electron chi connectivity index (χ2n) is 7.86. The molecule has 1 fully saturated rings. The molecule has 0 spiro atoms. The van der Waals surface area contributed by atoms with Crippen LogP contribution in [0.5, 0.6) is 0 Å². The number of fused-ring (bicyclic) bond motifs is 2. The Kier molecular flexibility index (Phi) is 7.61. The molecule has 0 amide bonds. The van der Waals surface area contributed by atoms with E-state index in [2.05, 4.69) is 25.6 Å². The first-order chi connectivity index (χ1) is 14.6. The SMILES string of the molecule is Cc1cn2nc(-c3cc(F)c4cc(C5CCNCC5)nnc4c3)cc(CCO)c2n1.Cl.Cl. The summed E-state index contributed by atoms with van der Waals surface area (Å²) in [6, 6.07) is 7.01. The molecule has 4 heterocycles. The number of aliphatic hydroxyl groups excluding tert-OH is 1. The van der Waals surface area contributed by atoms with E-state index in [-0.39, 0.29) is 37.2 Å². The van der Waals surface area contributed by atoms with Crippen molar-refractivity contribution in [3.63, 3.8) is 0 Å². The number of halogens is 3. The summed E-state index contributed by atoms with van der Waals surface area (Å²) in [5.41, 5.74) is 5.00. The van der Waals surface area contributed by atoms with Crippen molar-refractivity contribution in [3.05, 3.63) is 53.2 Å². The van der Waals surface area contributed by atoms with Gasteiger partial charge in [0.05, 0.1) is 28.8 Å². The van der Waals surface area contributed by atoms with Gasteiger partial charge in [-0.1, -0.05) is 0 Å². The first kappa shape index (κ1) is 24.3. The normalized spacial score (nSPS) is 14.3. The van der Waals surface area contributed by atoms with Crippen molar-refractivity contribution >= 4 is 41.4 Å². The number of aromatic nitrogens is 5. The molecular formula is C22H25Cl2FN6O. The van der Waals surface area contributed by atoms with Crippen LogP contribution < -0.4 is 5.32 Å². The minimum Gasteiger partial charge on any atom is -0.396 e. The van der Waals surface area contributed by atoms with E-state index in [4.69, 9.17) is 0 Å². The first-order valence-electron chi connectivity index (χ1n) is 10.3. The fourth-order valence-corrected chi connectivity index (χ4v) is 4.18. The van der Waals surface area contributed by atoms with Crippen LogP contribution in [0.4, 0.5) is 4.39 Å². The molecule has 1 aromatic carbocycles. The Hall–Kier alpha value is -2.39. The summed E-state index contributed by atoms with van der Waals surface area (Å²) in [5.74, 6) is -0.0168. The molecule has 1 aliphatic heterocycles. The van der Waals surface area contributed by atoms with Gasteiger partial charge in [0, 0.05) is 29.0 Å². The number of hydrogen-bond donors (Lipinski definition) is 2. The fraction of sp³-hybridized carbons (Fsp3) is 0.364. The largest absolute Gasteiger partial charge is 0.396 e. The van der Waals surface area contributed by atoms with Gasteiger partial charge < -0.3 is 10.4 Å². The highest BCUT2D eigenvalue weighted by atomic mass is 35.5. The van der Waals surface area contributed by atoms with Gasteiger partial charge >= 0.3 is 0 Å². The highest BCUT2D eigenvalue weighted by Gasteiger charge is 2.19. The Bertz CT molecular complexity index is 1240. The van der Waals surface area contributed by atoms with Crippen molar-refractivity contribution in [1.29, 1.82) is 0 Å².